The molecule has 0 bridgehead atoms. The Labute approximate surface area is 186 Å². The molecule has 0 heterocycles. The molecule has 166 valence electrons. The van der Waals surface area contributed by atoms with E-state index in [9.17, 15) is 23.3 Å². The fraction of sp³-hybridized carbons (Fsp3) is 0.174. The van der Waals surface area contributed by atoms with Crippen LogP contribution in [-0.4, -0.2) is 32.0 Å². The first-order chi connectivity index (χ1) is 15.1. The number of carbonyl (C=O) groups is 1. The molecule has 8 nitrogen and oxygen atoms in total. The predicted molar refractivity (Wildman–Crippen MR) is 123 cm³/mol. The van der Waals surface area contributed by atoms with Crippen molar-refractivity contribution in [1.82, 2.24) is 5.32 Å². The molecule has 0 fully saturated rings. The highest BCUT2D eigenvalue weighted by molar-refractivity contribution is 7.92. The lowest BCUT2D eigenvalue weighted by molar-refractivity contribution is -0.384. The van der Waals surface area contributed by atoms with Crippen LogP contribution in [0.25, 0.3) is 0 Å². The minimum absolute atomic E-state index is 0.0449. The molecule has 0 saturated carbocycles. The van der Waals surface area contributed by atoms with Gasteiger partial charge in [-0.05, 0) is 24.1 Å². The van der Waals surface area contributed by atoms with Crippen LogP contribution in [0.2, 0.25) is 0 Å². The van der Waals surface area contributed by atoms with Crippen molar-refractivity contribution in [3.63, 3.8) is 0 Å². The van der Waals surface area contributed by atoms with E-state index in [-0.39, 0.29) is 11.4 Å². The van der Waals surface area contributed by atoms with Gasteiger partial charge in [-0.2, -0.15) is 0 Å². The number of carbonyl (C=O) groups excluding carboxylic acids is 1. The molecule has 3 aromatic carbocycles. The number of nitrogens with zero attached hydrogens (tertiary/aromatic N) is 2. The normalized spacial score (nSPS) is 12.1. The van der Waals surface area contributed by atoms with E-state index < -0.39 is 33.4 Å². The van der Waals surface area contributed by atoms with Crippen LogP contribution in [-0.2, 0) is 14.8 Å². The lowest BCUT2D eigenvalue weighted by Gasteiger charge is -2.25. The number of anilines is 1. The fourth-order valence-electron chi connectivity index (χ4n) is 3.26. The van der Waals surface area contributed by atoms with Gasteiger partial charge in [0.25, 0.3) is 5.69 Å². The van der Waals surface area contributed by atoms with E-state index in [1.165, 1.54) is 18.2 Å². The quantitative estimate of drug-likeness (QED) is 0.414. The average Bonchev–Trinajstić information content (AvgIpc) is 2.76. The molecule has 1 atom stereocenters. The Morgan fingerprint density at radius 1 is 1.00 bits per heavy atom. The number of aryl methyl sites for hydroxylation is 1. The zero-order chi connectivity index (χ0) is 23.3. The zero-order valence-electron chi connectivity index (χ0n) is 17.6. The van der Waals surface area contributed by atoms with Crippen LogP contribution in [0.3, 0.4) is 0 Å². The molecule has 3 rings (SSSR count). The van der Waals surface area contributed by atoms with Gasteiger partial charge < -0.3 is 5.32 Å². The zero-order valence-corrected chi connectivity index (χ0v) is 18.5. The van der Waals surface area contributed by atoms with Crippen molar-refractivity contribution in [3.05, 3.63) is 106 Å². The lowest BCUT2D eigenvalue weighted by atomic mass is 9.98. The van der Waals surface area contributed by atoms with Crippen LogP contribution in [0.5, 0.6) is 0 Å². The van der Waals surface area contributed by atoms with E-state index in [1.54, 1.807) is 0 Å². The van der Waals surface area contributed by atoms with Gasteiger partial charge in [0.05, 0.1) is 22.9 Å². The number of nitrogens with one attached hydrogen (secondary N) is 1. The summed E-state index contributed by atoms with van der Waals surface area (Å²) >= 11 is 0. The smallest absolute Gasteiger partial charge is 0.271 e. The van der Waals surface area contributed by atoms with Gasteiger partial charge in [-0.1, -0.05) is 66.2 Å². The second kappa shape index (κ2) is 9.61. The highest BCUT2D eigenvalue weighted by Crippen LogP contribution is 2.25. The summed E-state index contributed by atoms with van der Waals surface area (Å²) in [5, 5.41) is 14.0. The number of non-ortho nitro benzene ring substituents is 1. The summed E-state index contributed by atoms with van der Waals surface area (Å²) in [6, 6.07) is 21.7. The van der Waals surface area contributed by atoms with Crippen molar-refractivity contribution >= 4 is 27.3 Å². The average molecular weight is 454 g/mol. The van der Waals surface area contributed by atoms with Crippen molar-refractivity contribution in [2.45, 2.75) is 13.0 Å². The largest absolute Gasteiger partial charge is 0.344 e. The van der Waals surface area contributed by atoms with Crippen molar-refractivity contribution in [2.24, 2.45) is 0 Å². The monoisotopic (exact) mass is 453 g/mol. The molecule has 0 radical (unpaired) electrons. The first-order valence-electron chi connectivity index (χ1n) is 9.78. The minimum Gasteiger partial charge on any atom is -0.344 e. The van der Waals surface area contributed by atoms with Gasteiger partial charge in [-0.25, -0.2) is 8.42 Å². The van der Waals surface area contributed by atoms with E-state index in [0.29, 0.717) is 0 Å². The summed E-state index contributed by atoms with van der Waals surface area (Å²) in [6.45, 7) is 1.44. The number of nitro benzene ring substituents is 1. The summed E-state index contributed by atoms with van der Waals surface area (Å²) < 4.78 is 25.6. The molecule has 3 aromatic rings. The standard InChI is InChI=1S/C23H23N3O5S/c1-17-11-13-19(14-12-17)23(18-7-4-3-5-8-18)24-22(27)16-25(32(2,30)31)20-9-6-10-21(15-20)26(28)29/h3-15,23H,16H2,1-2H3,(H,24,27). The van der Waals surface area contributed by atoms with E-state index in [1.807, 2.05) is 61.5 Å². The van der Waals surface area contributed by atoms with Gasteiger partial charge in [0, 0.05) is 12.1 Å². The molecule has 0 saturated heterocycles. The third-order valence-electron chi connectivity index (χ3n) is 4.86. The Hall–Kier alpha value is -3.72. The Morgan fingerprint density at radius 3 is 2.22 bits per heavy atom. The van der Waals surface area contributed by atoms with Crippen molar-refractivity contribution < 1.29 is 18.1 Å². The van der Waals surface area contributed by atoms with Crippen LogP contribution in [0.4, 0.5) is 11.4 Å². The molecule has 32 heavy (non-hydrogen) atoms. The highest BCUT2D eigenvalue weighted by Gasteiger charge is 2.25. The van der Waals surface area contributed by atoms with Gasteiger partial charge in [0.2, 0.25) is 15.9 Å². The summed E-state index contributed by atoms with van der Waals surface area (Å²) in [5.41, 5.74) is 2.53. The topological polar surface area (TPSA) is 110 Å². The molecule has 0 aliphatic rings. The third kappa shape index (κ3) is 5.70. The number of sulfonamides is 1. The third-order valence-corrected chi connectivity index (χ3v) is 6.01. The molecule has 1 N–H and O–H groups in total. The van der Waals surface area contributed by atoms with E-state index in [0.717, 1.165) is 33.3 Å². The van der Waals surface area contributed by atoms with Gasteiger partial charge >= 0.3 is 0 Å². The van der Waals surface area contributed by atoms with Crippen LogP contribution >= 0.6 is 0 Å². The van der Waals surface area contributed by atoms with Crippen molar-refractivity contribution in [3.8, 4) is 0 Å². The molecule has 1 unspecified atom stereocenters. The molecule has 0 aliphatic carbocycles. The maximum atomic E-state index is 13.0. The minimum atomic E-state index is -3.88. The molecular formula is C23H23N3O5S. The van der Waals surface area contributed by atoms with Crippen LogP contribution in [0, 0.1) is 17.0 Å². The number of hydrogen-bond acceptors (Lipinski definition) is 5. The Morgan fingerprint density at radius 2 is 1.62 bits per heavy atom. The lowest BCUT2D eigenvalue weighted by Crippen LogP contribution is -2.41. The van der Waals surface area contributed by atoms with Gasteiger partial charge in [-0.15, -0.1) is 0 Å². The number of amides is 1. The Bertz CT molecular complexity index is 1210. The molecule has 9 heteroatoms. The van der Waals surface area contributed by atoms with E-state index >= 15 is 0 Å². The Balaban J connectivity index is 1.90. The SMILES string of the molecule is Cc1ccc(C(NC(=O)CN(c2cccc([N+](=O)[O-])c2)S(C)(=O)=O)c2ccccc2)cc1. The van der Waals surface area contributed by atoms with Gasteiger partial charge in [-0.3, -0.25) is 19.2 Å². The number of rotatable bonds is 8. The second-order valence-corrected chi connectivity index (χ2v) is 9.28. The van der Waals surface area contributed by atoms with E-state index in [2.05, 4.69) is 5.32 Å². The number of benzene rings is 3. The molecule has 0 spiro atoms. The van der Waals surface area contributed by atoms with Crippen LogP contribution < -0.4 is 9.62 Å². The predicted octanol–water partition coefficient (Wildman–Crippen LogP) is 3.58. The maximum Gasteiger partial charge on any atom is 0.271 e. The first-order valence-corrected chi connectivity index (χ1v) is 11.6. The van der Waals surface area contributed by atoms with E-state index in [4.69, 9.17) is 0 Å². The second-order valence-electron chi connectivity index (χ2n) is 7.37. The molecular weight excluding hydrogens is 430 g/mol. The maximum absolute atomic E-state index is 13.0. The fourth-order valence-corrected chi connectivity index (χ4v) is 4.11. The summed E-state index contributed by atoms with van der Waals surface area (Å²) in [7, 11) is -3.88. The summed E-state index contributed by atoms with van der Waals surface area (Å²) in [5.74, 6) is -0.545. The van der Waals surface area contributed by atoms with Gasteiger partial charge in [0.15, 0.2) is 0 Å². The molecule has 0 aromatic heterocycles. The van der Waals surface area contributed by atoms with Gasteiger partial charge in [0.1, 0.15) is 6.54 Å². The molecule has 1 amide bonds. The summed E-state index contributed by atoms with van der Waals surface area (Å²) in [6.07, 6.45) is 0.952. The first kappa shape index (κ1) is 23.0. The van der Waals surface area contributed by atoms with Crippen molar-refractivity contribution in [2.75, 3.05) is 17.1 Å². The number of nitro groups is 1. The number of hydrogen-bond donors (Lipinski definition) is 1. The van der Waals surface area contributed by atoms with Crippen LogP contribution in [0.15, 0.2) is 78.9 Å². The Kier molecular flexibility index (Phi) is 6.89. The van der Waals surface area contributed by atoms with Crippen LogP contribution in [0.1, 0.15) is 22.7 Å². The summed E-state index contributed by atoms with van der Waals surface area (Å²) in [4.78, 5) is 23.4. The highest BCUT2D eigenvalue weighted by atomic mass is 32.2. The molecule has 0 aliphatic heterocycles. The van der Waals surface area contributed by atoms with Crippen molar-refractivity contribution in [1.29, 1.82) is 0 Å².